The van der Waals surface area contributed by atoms with E-state index >= 15 is 0 Å². The third-order valence-electron chi connectivity index (χ3n) is 3.33. The Labute approximate surface area is 125 Å². The average molecular weight is 282 g/mol. The molecular weight excluding hydrogens is 263 g/mol. The molecule has 0 radical (unpaired) electrons. The van der Waals surface area contributed by atoms with Crippen molar-refractivity contribution < 1.29 is 9.50 Å². The van der Waals surface area contributed by atoms with E-state index in [0.717, 1.165) is 29.5 Å². The first-order valence-corrected chi connectivity index (χ1v) is 7.12. The monoisotopic (exact) mass is 282 g/mol. The highest BCUT2D eigenvalue weighted by atomic mass is 19.1. The first-order valence-electron chi connectivity index (χ1n) is 7.12. The fourth-order valence-corrected chi connectivity index (χ4v) is 2.06. The molecule has 0 aromatic heterocycles. The average Bonchev–Trinajstić information content (AvgIpc) is 2.48. The Kier molecular flexibility index (Phi) is 4.77. The lowest BCUT2D eigenvalue weighted by atomic mass is 9.94. The van der Waals surface area contributed by atoms with Gasteiger partial charge in [0.1, 0.15) is 11.4 Å². The Bertz CT molecular complexity index is 643. The van der Waals surface area contributed by atoms with Crippen LogP contribution in [0.2, 0.25) is 0 Å². The van der Waals surface area contributed by atoms with E-state index in [2.05, 4.69) is 18.8 Å². The summed E-state index contributed by atoms with van der Waals surface area (Å²) in [7, 11) is 0. The van der Waals surface area contributed by atoms with Crippen molar-refractivity contribution in [2.24, 2.45) is 0 Å². The predicted octanol–water partition coefficient (Wildman–Crippen LogP) is 4.50. The van der Waals surface area contributed by atoms with Crippen LogP contribution in [0.4, 0.5) is 4.39 Å². The summed E-state index contributed by atoms with van der Waals surface area (Å²) in [5.41, 5.74) is 1.55. The van der Waals surface area contributed by atoms with Gasteiger partial charge in [0.15, 0.2) is 0 Å². The number of halogens is 1. The highest BCUT2D eigenvalue weighted by Gasteiger charge is 2.19. The summed E-state index contributed by atoms with van der Waals surface area (Å²) < 4.78 is 12.9. The van der Waals surface area contributed by atoms with Gasteiger partial charge in [-0.3, -0.25) is 0 Å². The lowest BCUT2D eigenvalue weighted by Crippen LogP contribution is -2.18. The fraction of sp³-hybridized carbons (Fsp3) is 0.263. The van der Waals surface area contributed by atoms with Crippen molar-refractivity contribution in [1.29, 1.82) is 0 Å². The summed E-state index contributed by atoms with van der Waals surface area (Å²) in [6.07, 6.45) is 1.76. The first-order chi connectivity index (χ1) is 10.0. The van der Waals surface area contributed by atoms with Crippen LogP contribution in [0.5, 0.6) is 0 Å². The van der Waals surface area contributed by atoms with Gasteiger partial charge in [0.25, 0.3) is 0 Å². The Balaban J connectivity index is 2.23. The van der Waals surface area contributed by atoms with Gasteiger partial charge in [0.2, 0.25) is 0 Å². The summed E-state index contributed by atoms with van der Waals surface area (Å²) >= 11 is 0. The van der Waals surface area contributed by atoms with E-state index in [1.807, 2.05) is 24.3 Å². The van der Waals surface area contributed by atoms with E-state index in [-0.39, 0.29) is 5.82 Å². The highest BCUT2D eigenvalue weighted by molar-refractivity contribution is 5.63. The summed E-state index contributed by atoms with van der Waals surface area (Å²) in [5.74, 6) is 5.64. The minimum absolute atomic E-state index is 0.246. The Morgan fingerprint density at radius 1 is 1.00 bits per heavy atom. The van der Waals surface area contributed by atoms with Crippen molar-refractivity contribution in [2.75, 3.05) is 0 Å². The van der Waals surface area contributed by atoms with Crippen LogP contribution >= 0.6 is 0 Å². The largest absolute Gasteiger partial charge is 0.374 e. The zero-order valence-corrected chi connectivity index (χ0v) is 12.4. The summed E-state index contributed by atoms with van der Waals surface area (Å²) in [4.78, 5) is 0. The zero-order chi connectivity index (χ0) is 15.3. The van der Waals surface area contributed by atoms with Crippen LogP contribution < -0.4 is 0 Å². The van der Waals surface area contributed by atoms with E-state index in [4.69, 9.17) is 0 Å². The Morgan fingerprint density at radius 3 is 2.05 bits per heavy atom. The minimum Gasteiger partial charge on any atom is -0.374 e. The molecule has 0 bridgehead atoms. The van der Waals surface area contributed by atoms with E-state index in [1.54, 1.807) is 19.1 Å². The van der Waals surface area contributed by atoms with E-state index < -0.39 is 5.60 Å². The molecule has 0 heterocycles. The molecule has 0 aliphatic rings. The van der Waals surface area contributed by atoms with Crippen LogP contribution in [-0.2, 0) is 5.60 Å². The van der Waals surface area contributed by atoms with Gasteiger partial charge in [-0.25, -0.2) is 4.39 Å². The van der Waals surface area contributed by atoms with Gasteiger partial charge in [-0.2, -0.15) is 0 Å². The van der Waals surface area contributed by atoms with Crippen molar-refractivity contribution >= 4 is 0 Å². The molecular formula is C19H19FO. The van der Waals surface area contributed by atoms with Gasteiger partial charge in [0, 0.05) is 6.42 Å². The van der Waals surface area contributed by atoms with Gasteiger partial charge in [-0.05, 0) is 42.2 Å². The third kappa shape index (κ3) is 3.93. The topological polar surface area (TPSA) is 20.2 Å². The summed E-state index contributed by atoms with van der Waals surface area (Å²) in [5, 5.41) is 10.4. The smallest absolute Gasteiger partial charge is 0.148 e. The molecule has 2 aromatic carbocycles. The molecule has 0 amide bonds. The van der Waals surface area contributed by atoms with Crippen molar-refractivity contribution in [3.8, 4) is 23.0 Å². The van der Waals surface area contributed by atoms with Gasteiger partial charge in [-0.1, -0.05) is 55.2 Å². The molecule has 0 fully saturated rings. The maximum absolute atomic E-state index is 12.9. The maximum atomic E-state index is 12.9. The molecule has 2 rings (SSSR count). The van der Waals surface area contributed by atoms with Crippen molar-refractivity contribution in [2.45, 2.75) is 32.3 Å². The quantitative estimate of drug-likeness (QED) is 0.822. The van der Waals surface area contributed by atoms with Gasteiger partial charge >= 0.3 is 0 Å². The number of aliphatic hydroxyl groups is 1. The summed E-state index contributed by atoms with van der Waals surface area (Å²) in [6, 6.07) is 13.9. The maximum Gasteiger partial charge on any atom is 0.148 e. The van der Waals surface area contributed by atoms with E-state index in [1.165, 1.54) is 12.1 Å². The highest BCUT2D eigenvalue weighted by Crippen LogP contribution is 2.25. The van der Waals surface area contributed by atoms with E-state index in [9.17, 15) is 9.50 Å². The van der Waals surface area contributed by atoms with Crippen LogP contribution in [0.25, 0.3) is 11.1 Å². The van der Waals surface area contributed by atoms with Crippen LogP contribution in [0.15, 0.2) is 48.5 Å². The van der Waals surface area contributed by atoms with Crippen molar-refractivity contribution in [3.63, 3.8) is 0 Å². The fourth-order valence-electron chi connectivity index (χ4n) is 2.06. The van der Waals surface area contributed by atoms with Crippen LogP contribution in [0.1, 0.15) is 32.3 Å². The Hall–Kier alpha value is -2.11. The third-order valence-corrected chi connectivity index (χ3v) is 3.33. The second-order valence-electron chi connectivity index (χ2n) is 5.21. The number of benzene rings is 2. The standard InChI is InChI=1S/C19H19FO/c1-3-4-5-14-19(2,21)17-10-6-15(7-11-17)16-8-12-18(20)13-9-16/h6-13,21H,3-4H2,1-2H3. The molecule has 108 valence electrons. The molecule has 1 atom stereocenters. The molecule has 1 N–H and O–H groups in total. The Morgan fingerprint density at radius 2 is 1.52 bits per heavy atom. The van der Waals surface area contributed by atoms with Gasteiger partial charge in [-0.15, -0.1) is 0 Å². The van der Waals surface area contributed by atoms with Crippen LogP contribution in [0.3, 0.4) is 0 Å². The molecule has 0 aliphatic heterocycles. The van der Waals surface area contributed by atoms with Crippen molar-refractivity contribution in [3.05, 3.63) is 59.9 Å². The normalized spacial score (nSPS) is 13.1. The molecule has 21 heavy (non-hydrogen) atoms. The van der Waals surface area contributed by atoms with Crippen LogP contribution in [-0.4, -0.2) is 5.11 Å². The number of hydrogen-bond acceptors (Lipinski definition) is 1. The molecule has 2 heteroatoms. The molecule has 0 saturated carbocycles. The molecule has 1 nitrogen and oxygen atoms in total. The lowest BCUT2D eigenvalue weighted by Gasteiger charge is -2.17. The zero-order valence-electron chi connectivity index (χ0n) is 12.4. The molecule has 0 spiro atoms. The van der Waals surface area contributed by atoms with Crippen LogP contribution in [0, 0.1) is 17.7 Å². The van der Waals surface area contributed by atoms with E-state index in [0.29, 0.717) is 0 Å². The molecule has 1 unspecified atom stereocenters. The van der Waals surface area contributed by atoms with Crippen molar-refractivity contribution in [1.82, 2.24) is 0 Å². The molecule has 2 aromatic rings. The lowest BCUT2D eigenvalue weighted by molar-refractivity contribution is 0.122. The second-order valence-corrected chi connectivity index (χ2v) is 5.21. The minimum atomic E-state index is -1.14. The SMILES string of the molecule is CCCC#CC(C)(O)c1ccc(-c2ccc(F)cc2)cc1. The van der Waals surface area contributed by atoms with Gasteiger partial charge in [0.05, 0.1) is 0 Å². The second kappa shape index (κ2) is 6.56. The number of unbranched alkanes of at least 4 members (excludes halogenated alkanes) is 1. The predicted molar refractivity (Wildman–Crippen MR) is 84.1 cm³/mol. The number of hydrogen-bond donors (Lipinski definition) is 1. The molecule has 0 saturated heterocycles. The summed E-state index contributed by atoms with van der Waals surface area (Å²) in [6.45, 7) is 3.75. The van der Waals surface area contributed by atoms with Gasteiger partial charge < -0.3 is 5.11 Å². The first kappa shape index (κ1) is 15.3. The number of rotatable bonds is 3. The molecule has 0 aliphatic carbocycles.